The molecular weight excluding hydrogens is 252 g/mol. The van der Waals surface area contributed by atoms with Gasteiger partial charge in [0.05, 0.1) is 0 Å². The second-order valence-corrected chi connectivity index (χ2v) is 7.37. The lowest BCUT2D eigenvalue weighted by Gasteiger charge is -2.34. The highest BCUT2D eigenvalue weighted by molar-refractivity contribution is 5.68. The smallest absolute Gasteiger partial charge is 0.410 e. The monoisotopic (exact) mass is 284 g/mol. The van der Waals surface area contributed by atoms with Gasteiger partial charge < -0.3 is 15.0 Å². The molecule has 1 aliphatic heterocycles. The topological polar surface area (TPSA) is 41.6 Å². The molecular formula is C16H32N2O2. The highest BCUT2D eigenvalue weighted by Crippen LogP contribution is 2.16. The van der Waals surface area contributed by atoms with Crippen molar-refractivity contribution >= 4 is 6.09 Å². The molecule has 0 saturated carbocycles. The van der Waals surface area contributed by atoms with Crippen molar-refractivity contribution in [2.75, 3.05) is 19.6 Å². The molecule has 0 spiro atoms. The maximum Gasteiger partial charge on any atom is 0.410 e. The zero-order valence-corrected chi connectivity index (χ0v) is 14.0. The van der Waals surface area contributed by atoms with E-state index in [1.807, 2.05) is 25.7 Å². The summed E-state index contributed by atoms with van der Waals surface area (Å²) < 4.78 is 5.41. The Labute approximate surface area is 124 Å². The molecule has 4 nitrogen and oxygen atoms in total. The minimum atomic E-state index is -0.404. The summed E-state index contributed by atoms with van der Waals surface area (Å²) in [5.74, 6) is 1.41. The van der Waals surface area contributed by atoms with E-state index in [1.165, 1.54) is 0 Å². The van der Waals surface area contributed by atoms with Gasteiger partial charge in [-0.05, 0) is 52.0 Å². The van der Waals surface area contributed by atoms with Gasteiger partial charge in [-0.15, -0.1) is 0 Å². The largest absolute Gasteiger partial charge is 0.444 e. The fraction of sp³-hybridized carbons (Fsp3) is 0.938. The summed E-state index contributed by atoms with van der Waals surface area (Å²) >= 11 is 0. The zero-order chi connectivity index (χ0) is 15.3. The van der Waals surface area contributed by atoms with E-state index in [1.54, 1.807) is 0 Å². The van der Waals surface area contributed by atoms with Gasteiger partial charge in [-0.3, -0.25) is 0 Å². The van der Waals surface area contributed by atoms with Crippen molar-refractivity contribution in [1.82, 2.24) is 10.2 Å². The fourth-order valence-corrected chi connectivity index (χ4v) is 2.18. The number of ether oxygens (including phenoxy) is 1. The van der Waals surface area contributed by atoms with Crippen molar-refractivity contribution in [3.63, 3.8) is 0 Å². The molecule has 118 valence electrons. The van der Waals surface area contributed by atoms with Crippen LogP contribution in [0.25, 0.3) is 0 Å². The second-order valence-electron chi connectivity index (χ2n) is 7.37. The van der Waals surface area contributed by atoms with Crippen LogP contribution in [-0.4, -0.2) is 42.3 Å². The molecule has 20 heavy (non-hydrogen) atoms. The van der Waals surface area contributed by atoms with E-state index in [4.69, 9.17) is 4.74 Å². The quantitative estimate of drug-likeness (QED) is 0.861. The number of hydrogen-bond donors (Lipinski definition) is 1. The molecule has 1 rings (SSSR count). The Kier molecular flexibility index (Phi) is 6.31. The van der Waals surface area contributed by atoms with E-state index in [-0.39, 0.29) is 6.09 Å². The number of carbonyl (C=O) groups excluding carboxylic acids is 1. The molecule has 1 unspecified atom stereocenters. The van der Waals surface area contributed by atoms with Gasteiger partial charge in [0.25, 0.3) is 0 Å². The van der Waals surface area contributed by atoms with E-state index in [2.05, 4.69) is 26.1 Å². The average molecular weight is 284 g/mol. The summed E-state index contributed by atoms with van der Waals surface area (Å²) in [5.41, 5.74) is -0.404. The predicted molar refractivity (Wildman–Crippen MR) is 82.8 cm³/mol. The van der Waals surface area contributed by atoms with Gasteiger partial charge in [-0.2, -0.15) is 0 Å². The van der Waals surface area contributed by atoms with Crippen molar-refractivity contribution in [2.45, 2.75) is 66.0 Å². The van der Waals surface area contributed by atoms with Crippen molar-refractivity contribution in [3.8, 4) is 0 Å². The predicted octanol–water partition coefficient (Wildman–Crippen LogP) is 3.27. The average Bonchev–Trinajstić information content (AvgIpc) is 2.34. The van der Waals surface area contributed by atoms with E-state index >= 15 is 0 Å². The Morgan fingerprint density at radius 2 is 1.80 bits per heavy atom. The Bertz CT molecular complexity index is 302. The molecule has 0 radical (unpaired) electrons. The van der Waals surface area contributed by atoms with E-state index in [0.29, 0.717) is 17.9 Å². The van der Waals surface area contributed by atoms with Gasteiger partial charge in [0, 0.05) is 19.1 Å². The van der Waals surface area contributed by atoms with Crippen LogP contribution in [0.3, 0.4) is 0 Å². The lowest BCUT2D eigenvalue weighted by Crippen LogP contribution is -2.47. The first kappa shape index (κ1) is 17.3. The van der Waals surface area contributed by atoms with Gasteiger partial charge in [0.1, 0.15) is 5.60 Å². The number of carbonyl (C=O) groups is 1. The summed E-state index contributed by atoms with van der Waals surface area (Å²) in [6.45, 7) is 15.2. The molecule has 4 heteroatoms. The maximum absolute atomic E-state index is 12.0. The van der Waals surface area contributed by atoms with Crippen LogP contribution in [0.5, 0.6) is 0 Å². The first-order valence-corrected chi connectivity index (χ1v) is 7.90. The molecule has 1 heterocycles. The van der Waals surface area contributed by atoms with Crippen molar-refractivity contribution in [3.05, 3.63) is 0 Å². The highest BCUT2D eigenvalue weighted by Gasteiger charge is 2.26. The van der Waals surface area contributed by atoms with Crippen LogP contribution in [-0.2, 0) is 4.74 Å². The van der Waals surface area contributed by atoms with Crippen LogP contribution < -0.4 is 5.32 Å². The lowest BCUT2D eigenvalue weighted by atomic mass is 9.97. The minimum Gasteiger partial charge on any atom is -0.444 e. The summed E-state index contributed by atoms with van der Waals surface area (Å²) in [4.78, 5) is 13.8. The number of amides is 1. The summed E-state index contributed by atoms with van der Waals surface area (Å²) in [6.07, 6.45) is 1.86. The molecule has 1 saturated heterocycles. The molecule has 1 amide bonds. The molecule has 0 bridgehead atoms. The Hall–Kier alpha value is -0.770. The highest BCUT2D eigenvalue weighted by atomic mass is 16.6. The van der Waals surface area contributed by atoms with Crippen LogP contribution in [0.2, 0.25) is 0 Å². The van der Waals surface area contributed by atoms with Crippen LogP contribution >= 0.6 is 0 Å². The third kappa shape index (κ3) is 6.12. The number of likely N-dealkylation sites (tertiary alicyclic amines) is 1. The van der Waals surface area contributed by atoms with Gasteiger partial charge in [-0.25, -0.2) is 4.79 Å². The first-order chi connectivity index (χ1) is 9.19. The SMILES string of the molecule is CC(C)C(C)CNC1CCN(C(=O)OC(C)(C)C)CC1. The third-order valence-corrected chi connectivity index (χ3v) is 4.01. The third-order valence-electron chi connectivity index (χ3n) is 4.01. The molecule has 1 fully saturated rings. The maximum atomic E-state index is 12.0. The van der Waals surface area contributed by atoms with E-state index in [0.717, 1.165) is 32.5 Å². The molecule has 1 aliphatic rings. The second kappa shape index (κ2) is 7.30. The van der Waals surface area contributed by atoms with Gasteiger partial charge in [0.15, 0.2) is 0 Å². The van der Waals surface area contributed by atoms with Crippen molar-refractivity contribution in [1.29, 1.82) is 0 Å². The number of nitrogens with one attached hydrogen (secondary N) is 1. The first-order valence-electron chi connectivity index (χ1n) is 7.90. The minimum absolute atomic E-state index is 0.175. The number of nitrogens with zero attached hydrogens (tertiary/aromatic N) is 1. The zero-order valence-electron chi connectivity index (χ0n) is 14.0. The van der Waals surface area contributed by atoms with Crippen LogP contribution in [0.1, 0.15) is 54.4 Å². The van der Waals surface area contributed by atoms with Crippen molar-refractivity contribution in [2.24, 2.45) is 11.8 Å². The van der Waals surface area contributed by atoms with E-state index < -0.39 is 5.60 Å². The summed E-state index contributed by atoms with van der Waals surface area (Å²) in [7, 11) is 0. The van der Waals surface area contributed by atoms with Crippen LogP contribution in [0.15, 0.2) is 0 Å². The van der Waals surface area contributed by atoms with Crippen LogP contribution in [0.4, 0.5) is 4.79 Å². The Balaban J connectivity index is 2.28. The van der Waals surface area contributed by atoms with Gasteiger partial charge in [-0.1, -0.05) is 20.8 Å². The molecule has 1 atom stereocenters. The summed E-state index contributed by atoms with van der Waals surface area (Å²) in [6, 6.07) is 0.537. The standard InChI is InChI=1S/C16H32N2O2/c1-12(2)13(3)11-17-14-7-9-18(10-8-14)15(19)20-16(4,5)6/h12-14,17H,7-11H2,1-6H3. The van der Waals surface area contributed by atoms with Gasteiger partial charge >= 0.3 is 6.09 Å². The molecule has 0 aliphatic carbocycles. The molecule has 1 N–H and O–H groups in total. The number of rotatable bonds is 4. The van der Waals surface area contributed by atoms with Crippen molar-refractivity contribution < 1.29 is 9.53 Å². The molecule has 0 aromatic carbocycles. The lowest BCUT2D eigenvalue weighted by molar-refractivity contribution is 0.0197. The van der Waals surface area contributed by atoms with E-state index in [9.17, 15) is 4.79 Å². The number of piperidine rings is 1. The molecule has 0 aromatic rings. The number of hydrogen-bond acceptors (Lipinski definition) is 3. The summed E-state index contributed by atoms with van der Waals surface area (Å²) in [5, 5.41) is 3.63. The Morgan fingerprint density at radius 1 is 1.25 bits per heavy atom. The van der Waals surface area contributed by atoms with Gasteiger partial charge in [0.2, 0.25) is 0 Å². The van der Waals surface area contributed by atoms with Crippen LogP contribution in [0, 0.1) is 11.8 Å². The normalized spacial score (nSPS) is 19.2. The fourth-order valence-electron chi connectivity index (χ4n) is 2.18. The Morgan fingerprint density at radius 3 is 2.25 bits per heavy atom. The molecule has 0 aromatic heterocycles.